The van der Waals surface area contributed by atoms with E-state index in [0.29, 0.717) is 6.04 Å². The molecule has 0 aliphatic carbocycles. The van der Waals surface area contributed by atoms with Crippen molar-refractivity contribution in [3.05, 3.63) is 35.6 Å². The number of likely N-dealkylation sites (tertiary alicyclic amines) is 1. The highest BCUT2D eigenvalue weighted by atomic mass is 16.3. The second-order valence-corrected chi connectivity index (χ2v) is 6.39. The van der Waals surface area contributed by atoms with Crippen molar-refractivity contribution in [2.45, 2.75) is 26.4 Å². The van der Waals surface area contributed by atoms with Crippen LogP contribution in [0.4, 0.5) is 0 Å². The van der Waals surface area contributed by atoms with Gasteiger partial charge < -0.3 is 9.73 Å². The van der Waals surface area contributed by atoms with E-state index in [1.165, 1.54) is 30.6 Å². The number of nitrogens with one attached hydrogen (secondary N) is 1. The van der Waals surface area contributed by atoms with Crippen LogP contribution in [0.25, 0.3) is 11.0 Å². The van der Waals surface area contributed by atoms with Gasteiger partial charge in [0.1, 0.15) is 11.3 Å². The van der Waals surface area contributed by atoms with Crippen LogP contribution in [0.15, 0.2) is 28.7 Å². The average Bonchev–Trinajstić information content (AvgIpc) is 3.09. The normalized spacial score (nSPS) is 30.2. The van der Waals surface area contributed by atoms with E-state index in [0.717, 1.165) is 29.7 Å². The summed E-state index contributed by atoms with van der Waals surface area (Å²) in [6.45, 7) is 9.10. The van der Waals surface area contributed by atoms with Gasteiger partial charge in [-0.1, -0.05) is 18.2 Å². The first-order chi connectivity index (χ1) is 9.74. The summed E-state index contributed by atoms with van der Waals surface area (Å²) in [7, 11) is 0. The zero-order valence-corrected chi connectivity index (χ0v) is 12.2. The third kappa shape index (κ3) is 1.80. The Kier molecular flexibility index (Phi) is 2.86. The highest BCUT2D eigenvalue weighted by molar-refractivity contribution is 5.82. The minimum absolute atomic E-state index is 0.670. The van der Waals surface area contributed by atoms with Crippen LogP contribution in [0.1, 0.15) is 18.2 Å². The van der Waals surface area contributed by atoms with Gasteiger partial charge in [0.2, 0.25) is 0 Å². The Morgan fingerprint density at radius 3 is 3.00 bits per heavy atom. The van der Waals surface area contributed by atoms with Gasteiger partial charge in [-0.2, -0.15) is 0 Å². The van der Waals surface area contributed by atoms with Gasteiger partial charge >= 0.3 is 0 Å². The molecule has 0 spiro atoms. The lowest BCUT2D eigenvalue weighted by Crippen LogP contribution is -2.32. The first kappa shape index (κ1) is 12.4. The zero-order chi connectivity index (χ0) is 13.7. The summed E-state index contributed by atoms with van der Waals surface area (Å²) >= 11 is 0. The molecule has 0 radical (unpaired) electrons. The van der Waals surface area contributed by atoms with Crippen LogP contribution in [0.2, 0.25) is 0 Å². The predicted octanol–water partition coefficient (Wildman–Crippen LogP) is 2.78. The molecular formula is C17H22N2O. The standard InChI is InChI=1S/C17H22N2O/c1-11-15-8-18-7-13(15)9-19(11)10-16-12(2)20-17-6-4-3-5-14(16)17/h3-6,11,13,15,18H,7-10H2,1-2H3. The van der Waals surface area contributed by atoms with Crippen molar-refractivity contribution in [2.24, 2.45) is 11.8 Å². The number of aryl methyl sites for hydroxylation is 1. The predicted molar refractivity (Wildman–Crippen MR) is 80.7 cm³/mol. The Labute approximate surface area is 119 Å². The van der Waals surface area contributed by atoms with E-state index < -0.39 is 0 Å². The summed E-state index contributed by atoms with van der Waals surface area (Å²) in [5.41, 5.74) is 2.40. The van der Waals surface area contributed by atoms with Crippen molar-refractivity contribution in [3.8, 4) is 0 Å². The molecule has 2 saturated heterocycles. The molecule has 2 fully saturated rings. The summed E-state index contributed by atoms with van der Waals surface area (Å²) < 4.78 is 5.90. The van der Waals surface area contributed by atoms with Crippen molar-refractivity contribution in [3.63, 3.8) is 0 Å². The van der Waals surface area contributed by atoms with Gasteiger partial charge in [0, 0.05) is 30.1 Å². The van der Waals surface area contributed by atoms with E-state index in [4.69, 9.17) is 4.42 Å². The Morgan fingerprint density at radius 2 is 2.15 bits per heavy atom. The van der Waals surface area contributed by atoms with Gasteiger partial charge in [-0.3, -0.25) is 4.90 Å². The van der Waals surface area contributed by atoms with Crippen LogP contribution >= 0.6 is 0 Å². The Morgan fingerprint density at radius 1 is 1.30 bits per heavy atom. The van der Waals surface area contributed by atoms with Crippen molar-refractivity contribution < 1.29 is 4.42 Å². The minimum atomic E-state index is 0.670. The molecule has 2 aromatic rings. The lowest BCUT2D eigenvalue weighted by molar-refractivity contribution is 0.231. The lowest BCUT2D eigenvalue weighted by Gasteiger charge is -2.24. The van der Waals surface area contributed by atoms with Gasteiger partial charge in [0.15, 0.2) is 0 Å². The van der Waals surface area contributed by atoms with Gasteiger partial charge in [-0.05, 0) is 44.8 Å². The summed E-state index contributed by atoms with van der Waals surface area (Å²) in [4.78, 5) is 2.64. The number of fused-ring (bicyclic) bond motifs is 2. The lowest BCUT2D eigenvalue weighted by atomic mass is 9.95. The van der Waals surface area contributed by atoms with Crippen molar-refractivity contribution in [2.75, 3.05) is 19.6 Å². The minimum Gasteiger partial charge on any atom is -0.461 e. The van der Waals surface area contributed by atoms with Gasteiger partial charge in [-0.15, -0.1) is 0 Å². The summed E-state index contributed by atoms with van der Waals surface area (Å²) in [6.07, 6.45) is 0. The third-order valence-corrected chi connectivity index (χ3v) is 5.32. The maximum Gasteiger partial charge on any atom is 0.134 e. The Bertz CT molecular complexity index is 633. The van der Waals surface area contributed by atoms with Gasteiger partial charge in [-0.25, -0.2) is 0 Å². The number of hydrogen-bond acceptors (Lipinski definition) is 3. The van der Waals surface area contributed by atoms with Crippen molar-refractivity contribution in [1.82, 2.24) is 10.2 Å². The van der Waals surface area contributed by atoms with E-state index in [2.05, 4.69) is 42.3 Å². The van der Waals surface area contributed by atoms with Crippen LogP contribution in [-0.2, 0) is 6.54 Å². The molecule has 0 amide bonds. The number of nitrogens with zero attached hydrogens (tertiary/aromatic N) is 1. The van der Waals surface area contributed by atoms with Crippen molar-refractivity contribution in [1.29, 1.82) is 0 Å². The Hall–Kier alpha value is -1.32. The number of hydrogen-bond donors (Lipinski definition) is 1. The maximum absolute atomic E-state index is 5.90. The smallest absolute Gasteiger partial charge is 0.134 e. The van der Waals surface area contributed by atoms with E-state index in [1.807, 2.05) is 6.07 Å². The number of rotatable bonds is 2. The summed E-state index contributed by atoms with van der Waals surface area (Å²) in [5, 5.41) is 4.81. The third-order valence-electron chi connectivity index (χ3n) is 5.32. The zero-order valence-electron chi connectivity index (χ0n) is 12.2. The molecule has 1 aromatic heterocycles. The molecule has 0 bridgehead atoms. The molecule has 3 unspecified atom stereocenters. The fourth-order valence-corrected chi connectivity index (χ4v) is 4.09. The Balaban J connectivity index is 1.63. The monoisotopic (exact) mass is 270 g/mol. The molecule has 106 valence electrons. The average molecular weight is 270 g/mol. The highest BCUT2D eigenvalue weighted by Gasteiger charge is 2.41. The number of furan rings is 1. The molecule has 1 aromatic carbocycles. The van der Waals surface area contributed by atoms with Crippen LogP contribution in [0.3, 0.4) is 0 Å². The highest BCUT2D eigenvalue weighted by Crippen LogP contribution is 2.35. The second-order valence-electron chi connectivity index (χ2n) is 6.39. The molecule has 1 N–H and O–H groups in total. The van der Waals surface area contributed by atoms with E-state index in [1.54, 1.807) is 0 Å². The van der Waals surface area contributed by atoms with E-state index in [9.17, 15) is 0 Å². The molecule has 0 saturated carbocycles. The molecular weight excluding hydrogens is 248 g/mol. The van der Waals surface area contributed by atoms with Gasteiger partial charge in [0.05, 0.1) is 0 Å². The molecule has 3 heteroatoms. The van der Waals surface area contributed by atoms with Crippen LogP contribution in [0, 0.1) is 18.8 Å². The molecule has 4 rings (SSSR count). The molecule has 2 aliphatic rings. The first-order valence-electron chi connectivity index (χ1n) is 7.66. The molecule has 3 atom stereocenters. The molecule has 3 heterocycles. The fraction of sp³-hybridized carbons (Fsp3) is 0.529. The van der Waals surface area contributed by atoms with Crippen LogP contribution in [-0.4, -0.2) is 30.6 Å². The van der Waals surface area contributed by atoms with E-state index >= 15 is 0 Å². The molecule has 2 aliphatic heterocycles. The summed E-state index contributed by atoms with van der Waals surface area (Å²) in [6, 6.07) is 9.07. The SMILES string of the molecule is Cc1oc2ccccc2c1CN1CC2CNCC2C1C. The van der Waals surface area contributed by atoms with Crippen molar-refractivity contribution >= 4 is 11.0 Å². The largest absolute Gasteiger partial charge is 0.461 e. The fourth-order valence-electron chi connectivity index (χ4n) is 4.09. The molecule has 20 heavy (non-hydrogen) atoms. The second kappa shape index (κ2) is 4.61. The summed E-state index contributed by atoms with van der Waals surface area (Å²) in [5.74, 6) is 2.74. The quantitative estimate of drug-likeness (QED) is 0.909. The topological polar surface area (TPSA) is 28.4 Å². The first-order valence-corrected chi connectivity index (χ1v) is 7.66. The number of benzene rings is 1. The maximum atomic E-state index is 5.90. The van der Waals surface area contributed by atoms with Crippen LogP contribution in [0.5, 0.6) is 0 Å². The van der Waals surface area contributed by atoms with E-state index in [-0.39, 0.29) is 0 Å². The number of para-hydroxylation sites is 1. The van der Waals surface area contributed by atoms with Gasteiger partial charge in [0.25, 0.3) is 0 Å². The molecule has 3 nitrogen and oxygen atoms in total. The van der Waals surface area contributed by atoms with Crippen LogP contribution < -0.4 is 5.32 Å².